The molecule has 2 aromatic heterocycles. The summed E-state index contributed by atoms with van der Waals surface area (Å²) in [5.41, 5.74) is 1.52. The largest absolute Gasteiger partial charge is 0.489 e. The molecular weight excluding hydrogens is 697 g/mol. The van der Waals surface area contributed by atoms with Gasteiger partial charge in [-0.05, 0) is 66.8 Å². The summed E-state index contributed by atoms with van der Waals surface area (Å²) in [5, 5.41) is 3.52. The summed E-state index contributed by atoms with van der Waals surface area (Å²) in [6.45, 7) is -2.68. The van der Waals surface area contributed by atoms with E-state index in [1.165, 1.54) is 42.7 Å². The molecule has 2 atom stereocenters. The number of carbonyl (C=O) groups is 1. The lowest BCUT2D eigenvalue weighted by Crippen LogP contribution is -2.40. The molecule has 0 unspecified atom stereocenters. The van der Waals surface area contributed by atoms with Crippen LogP contribution in [-0.2, 0) is 26.0 Å². The van der Waals surface area contributed by atoms with Gasteiger partial charge in [-0.25, -0.2) is 22.9 Å². The van der Waals surface area contributed by atoms with E-state index in [-0.39, 0.29) is 39.4 Å². The number of ether oxygens (including phenoxy) is 3. The summed E-state index contributed by atoms with van der Waals surface area (Å²) in [5.74, 6) is -0.231. The van der Waals surface area contributed by atoms with Gasteiger partial charge in [0.15, 0.2) is 29.3 Å². The molecular formula is C31H29Cl2F2N4O6S2+. The first-order valence-electron chi connectivity index (χ1n) is 14.6. The lowest BCUT2D eigenvalue weighted by molar-refractivity contribution is -0.377. The molecule has 2 aliphatic rings. The maximum Gasteiger partial charge on any atom is 0.387 e. The van der Waals surface area contributed by atoms with Crippen LogP contribution in [0, 0.1) is 5.92 Å². The Hall–Kier alpha value is -3.43. The van der Waals surface area contributed by atoms with Gasteiger partial charge in [0.25, 0.3) is 0 Å². The third-order valence-corrected chi connectivity index (χ3v) is 11.5. The highest BCUT2D eigenvalue weighted by Gasteiger charge is 2.42. The zero-order valence-electron chi connectivity index (χ0n) is 24.6. The zero-order valence-corrected chi connectivity index (χ0v) is 27.7. The lowest BCUT2D eigenvalue weighted by atomic mass is 10.0. The maximum atomic E-state index is 13.8. The summed E-state index contributed by atoms with van der Waals surface area (Å²) in [7, 11) is -4.10. The van der Waals surface area contributed by atoms with E-state index in [2.05, 4.69) is 14.8 Å². The Balaban J connectivity index is 1.28. The van der Waals surface area contributed by atoms with Gasteiger partial charge in [0.05, 0.1) is 17.2 Å². The Morgan fingerprint density at radius 1 is 1.09 bits per heavy atom. The van der Waals surface area contributed by atoms with E-state index in [0.717, 1.165) is 28.9 Å². The van der Waals surface area contributed by atoms with Crippen molar-refractivity contribution in [2.24, 2.45) is 5.92 Å². The molecule has 1 saturated carbocycles. The Morgan fingerprint density at radius 3 is 2.49 bits per heavy atom. The number of pyridine rings is 1. The number of carbonyl (C=O) groups excluding carboxylic acids is 1. The minimum Gasteiger partial charge on any atom is -0.489 e. The summed E-state index contributed by atoms with van der Waals surface area (Å²) in [4.78, 5) is 16.7. The average Bonchev–Trinajstić information content (AvgIpc) is 3.46. The van der Waals surface area contributed by atoms with Crippen molar-refractivity contribution in [1.82, 2.24) is 14.1 Å². The second-order valence-electron chi connectivity index (χ2n) is 10.9. The molecule has 6 rings (SSSR count). The molecule has 16 heteroatoms. The van der Waals surface area contributed by atoms with Crippen LogP contribution < -0.4 is 14.5 Å². The molecule has 248 valence electrons. The van der Waals surface area contributed by atoms with E-state index in [1.807, 2.05) is 0 Å². The third kappa shape index (κ3) is 7.83. The highest BCUT2D eigenvalue weighted by molar-refractivity contribution is 8.02. The first-order chi connectivity index (χ1) is 22.6. The van der Waals surface area contributed by atoms with Crippen molar-refractivity contribution in [2.45, 2.75) is 42.2 Å². The Labute approximate surface area is 284 Å². The third-order valence-electron chi connectivity index (χ3n) is 7.63. The number of halogens is 4. The number of H-pyrrole nitrogens is 1. The molecule has 2 aromatic carbocycles. The van der Waals surface area contributed by atoms with Crippen LogP contribution >= 0.6 is 35.0 Å². The van der Waals surface area contributed by atoms with Crippen molar-refractivity contribution < 1.29 is 41.2 Å². The second-order valence-corrected chi connectivity index (χ2v) is 14.8. The van der Waals surface area contributed by atoms with Crippen LogP contribution in [0.2, 0.25) is 10.0 Å². The predicted octanol–water partition coefficient (Wildman–Crippen LogP) is 5.97. The lowest BCUT2D eigenvalue weighted by Gasteiger charge is -2.26. The fourth-order valence-corrected chi connectivity index (χ4v) is 8.60. The van der Waals surface area contributed by atoms with Gasteiger partial charge in [-0.2, -0.15) is 18.2 Å². The normalized spacial score (nSPS) is 17.5. The number of aromatic amines is 1. The van der Waals surface area contributed by atoms with Crippen molar-refractivity contribution in [2.75, 3.05) is 18.9 Å². The molecule has 0 bridgehead atoms. The fraction of sp³-hybridized carbons (Fsp3) is 0.323. The number of alkyl halides is 2. The fourth-order valence-electron chi connectivity index (χ4n) is 5.02. The first kappa shape index (κ1) is 33.5. The monoisotopic (exact) mass is 725 g/mol. The average molecular weight is 727 g/mol. The minimum absolute atomic E-state index is 0.00572. The Kier molecular flexibility index (Phi) is 10.2. The number of sulfonamides is 1. The van der Waals surface area contributed by atoms with Crippen LogP contribution in [0.3, 0.4) is 0 Å². The van der Waals surface area contributed by atoms with E-state index in [0.29, 0.717) is 35.1 Å². The molecule has 1 N–H and O–H groups in total. The van der Waals surface area contributed by atoms with Gasteiger partial charge in [-0.1, -0.05) is 29.3 Å². The van der Waals surface area contributed by atoms with E-state index >= 15 is 0 Å². The number of nitrogens with one attached hydrogen (secondary N) is 1. The summed E-state index contributed by atoms with van der Waals surface area (Å²) in [6.07, 6.45) is 7.27. The van der Waals surface area contributed by atoms with Crippen LogP contribution in [0.1, 0.15) is 30.1 Å². The number of aromatic nitrogens is 3. The number of thioether (sulfide) groups is 1. The van der Waals surface area contributed by atoms with Crippen molar-refractivity contribution in [3.8, 4) is 17.2 Å². The van der Waals surface area contributed by atoms with E-state index < -0.39 is 34.1 Å². The van der Waals surface area contributed by atoms with Gasteiger partial charge >= 0.3 is 12.6 Å². The number of esters is 1. The van der Waals surface area contributed by atoms with Crippen LogP contribution in [0.5, 0.6) is 11.5 Å². The Bertz CT molecular complexity index is 1810. The summed E-state index contributed by atoms with van der Waals surface area (Å²) >= 11 is 14.0. The second kappa shape index (κ2) is 14.4. The quantitative estimate of drug-likeness (QED) is 0.155. The van der Waals surface area contributed by atoms with Crippen LogP contribution in [-0.4, -0.2) is 59.4 Å². The van der Waals surface area contributed by atoms with Crippen molar-refractivity contribution >= 4 is 51.0 Å². The van der Waals surface area contributed by atoms with E-state index in [9.17, 15) is 22.0 Å². The molecule has 47 heavy (non-hydrogen) atoms. The highest BCUT2D eigenvalue weighted by Crippen LogP contribution is 2.39. The number of rotatable bonds is 13. The number of hydrogen-bond donors (Lipinski definition) is 0. The Morgan fingerprint density at radius 2 is 1.83 bits per heavy atom. The number of nitrogens with zero attached hydrogens (tertiary/aromatic N) is 3. The smallest absolute Gasteiger partial charge is 0.387 e. The van der Waals surface area contributed by atoms with Crippen molar-refractivity contribution in [3.05, 3.63) is 94.5 Å². The van der Waals surface area contributed by atoms with E-state index in [1.54, 1.807) is 35.3 Å². The van der Waals surface area contributed by atoms with E-state index in [4.69, 9.17) is 32.7 Å². The summed E-state index contributed by atoms with van der Waals surface area (Å²) in [6, 6.07) is 12.2. The molecule has 0 radical (unpaired) electrons. The van der Waals surface area contributed by atoms with Crippen LogP contribution in [0.4, 0.5) is 8.78 Å². The SMILES string of the molecule is O=C(O[C@@H](Cc1c(Cl)c[nH+]cc1Cl)c1ccc(OC(F)F)c(OCC2CC2)c1)[C@@H]1SCCN1S(=O)(=O)c1ccc(-n2cccn2)cc1. The van der Waals surface area contributed by atoms with Crippen LogP contribution in [0.15, 0.2) is 78.2 Å². The molecule has 1 aliphatic carbocycles. The van der Waals surface area contributed by atoms with Gasteiger partial charge in [-0.3, -0.25) is 0 Å². The maximum absolute atomic E-state index is 13.8. The summed E-state index contributed by atoms with van der Waals surface area (Å²) < 4.78 is 73.1. The van der Waals surface area contributed by atoms with Gasteiger partial charge in [0.2, 0.25) is 10.0 Å². The molecule has 1 aliphatic heterocycles. The highest BCUT2D eigenvalue weighted by atomic mass is 35.5. The van der Waals surface area contributed by atoms with Gasteiger partial charge in [0, 0.05) is 36.7 Å². The molecule has 2 fully saturated rings. The first-order valence-corrected chi connectivity index (χ1v) is 17.8. The predicted molar refractivity (Wildman–Crippen MR) is 171 cm³/mol. The van der Waals surface area contributed by atoms with Crippen LogP contribution in [0.25, 0.3) is 5.69 Å². The standard InChI is InChI=1S/C31H28Cl2F2N4O6S2/c32-24-16-36-17-25(33)23(24)15-27(20-4-9-26(45-31(34)35)28(14-20)43-18-19-2-3-19)44-30(40)29-39(12-13-46-29)47(41,42)22-7-5-21(6-8-22)38-11-1-10-37-38/h1,4-11,14,16-17,19,27,29,31H,2-3,12-13,15,18H2/p+1/t27-,29-/m0/s1. The molecule has 4 aromatic rings. The van der Waals surface area contributed by atoms with Gasteiger partial charge < -0.3 is 14.2 Å². The minimum atomic E-state index is -4.10. The van der Waals surface area contributed by atoms with Crippen molar-refractivity contribution in [1.29, 1.82) is 0 Å². The topological polar surface area (TPSA) is 114 Å². The number of hydrogen-bond acceptors (Lipinski definition) is 8. The zero-order chi connectivity index (χ0) is 33.1. The van der Waals surface area contributed by atoms with Gasteiger partial charge in [-0.15, -0.1) is 11.8 Å². The molecule has 0 amide bonds. The van der Waals surface area contributed by atoms with Crippen molar-refractivity contribution in [3.63, 3.8) is 0 Å². The van der Waals surface area contributed by atoms with Gasteiger partial charge in [0.1, 0.15) is 16.1 Å². The molecule has 1 saturated heterocycles. The molecule has 10 nitrogen and oxygen atoms in total. The molecule has 0 spiro atoms. The molecule has 3 heterocycles. The number of benzene rings is 2.